The number of nitrogens with one attached hydrogen (secondary N) is 1. The van der Waals surface area contributed by atoms with Crippen molar-refractivity contribution in [2.45, 2.75) is 26.0 Å². The van der Waals surface area contributed by atoms with E-state index in [9.17, 15) is 4.79 Å². The number of rotatable bonds is 7. The molecule has 0 heterocycles. The van der Waals surface area contributed by atoms with Gasteiger partial charge in [-0.05, 0) is 32.0 Å². The van der Waals surface area contributed by atoms with E-state index in [2.05, 4.69) is 5.32 Å². The summed E-state index contributed by atoms with van der Waals surface area (Å²) in [6, 6.07) is 14.6. The SMILES string of the molecule is COc1cccc(O[C@@H](C)C(=O)N[C@H](C)c2ccccc2OC)c1. The van der Waals surface area contributed by atoms with Crippen LogP contribution in [0.25, 0.3) is 0 Å². The van der Waals surface area contributed by atoms with E-state index in [1.165, 1.54) is 0 Å². The van der Waals surface area contributed by atoms with Gasteiger partial charge in [0.1, 0.15) is 17.2 Å². The Bertz CT molecular complexity index is 687. The molecule has 0 aliphatic rings. The highest BCUT2D eigenvalue weighted by Crippen LogP contribution is 2.25. The third-order valence-electron chi connectivity index (χ3n) is 3.69. The predicted octanol–water partition coefficient (Wildman–Crippen LogP) is 3.35. The van der Waals surface area contributed by atoms with E-state index >= 15 is 0 Å². The van der Waals surface area contributed by atoms with E-state index in [0.717, 1.165) is 11.3 Å². The summed E-state index contributed by atoms with van der Waals surface area (Å²) in [7, 11) is 3.20. The third-order valence-corrected chi connectivity index (χ3v) is 3.69. The number of benzene rings is 2. The van der Waals surface area contributed by atoms with Gasteiger partial charge in [-0.2, -0.15) is 0 Å². The van der Waals surface area contributed by atoms with E-state index in [1.54, 1.807) is 33.3 Å². The Kier molecular flexibility index (Phi) is 6.07. The van der Waals surface area contributed by atoms with Crippen LogP contribution >= 0.6 is 0 Å². The van der Waals surface area contributed by atoms with Crippen molar-refractivity contribution in [1.82, 2.24) is 5.32 Å². The minimum Gasteiger partial charge on any atom is -0.497 e. The summed E-state index contributed by atoms with van der Waals surface area (Å²) in [6.07, 6.45) is -0.630. The van der Waals surface area contributed by atoms with E-state index in [-0.39, 0.29) is 11.9 Å². The second-order valence-electron chi connectivity index (χ2n) is 5.41. The molecule has 1 amide bonds. The van der Waals surface area contributed by atoms with E-state index in [0.29, 0.717) is 11.5 Å². The Balaban J connectivity index is 2.00. The van der Waals surface area contributed by atoms with Crippen LogP contribution in [-0.4, -0.2) is 26.2 Å². The molecular formula is C19H23NO4. The zero-order chi connectivity index (χ0) is 17.5. The highest BCUT2D eigenvalue weighted by Gasteiger charge is 2.19. The van der Waals surface area contributed by atoms with Gasteiger partial charge < -0.3 is 19.5 Å². The third kappa shape index (κ3) is 4.41. The van der Waals surface area contributed by atoms with Gasteiger partial charge in [0.2, 0.25) is 0 Å². The predicted molar refractivity (Wildman–Crippen MR) is 92.6 cm³/mol. The first-order chi connectivity index (χ1) is 11.5. The van der Waals surface area contributed by atoms with Gasteiger partial charge in [-0.25, -0.2) is 0 Å². The van der Waals surface area contributed by atoms with Gasteiger partial charge >= 0.3 is 0 Å². The lowest BCUT2D eigenvalue weighted by atomic mass is 10.1. The van der Waals surface area contributed by atoms with Crippen molar-refractivity contribution in [1.29, 1.82) is 0 Å². The molecular weight excluding hydrogens is 306 g/mol. The Labute approximate surface area is 142 Å². The van der Waals surface area contributed by atoms with Crippen LogP contribution in [-0.2, 0) is 4.79 Å². The van der Waals surface area contributed by atoms with Crippen LogP contribution in [0.5, 0.6) is 17.2 Å². The van der Waals surface area contributed by atoms with Gasteiger partial charge in [0.25, 0.3) is 5.91 Å². The summed E-state index contributed by atoms with van der Waals surface area (Å²) < 4.78 is 16.2. The van der Waals surface area contributed by atoms with Crippen molar-refractivity contribution in [2.24, 2.45) is 0 Å². The molecule has 24 heavy (non-hydrogen) atoms. The summed E-state index contributed by atoms with van der Waals surface area (Å²) in [5.41, 5.74) is 0.918. The van der Waals surface area contributed by atoms with Gasteiger partial charge in [0.05, 0.1) is 20.3 Å². The fourth-order valence-electron chi connectivity index (χ4n) is 2.36. The Hall–Kier alpha value is -2.69. The molecule has 2 rings (SSSR count). The highest BCUT2D eigenvalue weighted by atomic mass is 16.5. The van der Waals surface area contributed by atoms with E-state index < -0.39 is 6.10 Å². The smallest absolute Gasteiger partial charge is 0.261 e. The maximum absolute atomic E-state index is 12.4. The van der Waals surface area contributed by atoms with Crippen LogP contribution in [0, 0.1) is 0 Å². The molecule has 5 heteroatoms. The van der Waals surface area contributed by atoms with Crippen LogP contribution in [0.15, 0.2) is 48.5 Å². The molecule has 0 fully saturated rings. The summed E-state index contributed by atoms with van der Waals surface area (Å²) in [6.45, 7) is 3.62. The van der Waals surface area contributed by atoms with Crippen LogP contribution in [0.3, 0.4) is 0 Å². The van der Waals surface area contributed by atoms with Crippen molar-refractivity contribution < 1.29 is 19.0 Å². The van der Waals surface area contributed by atoms with Crippen molar-refractivity contribution in [3.63, 3.8) is 0 Å². The van der Waals surface area contributed by atoms with Crippen molar-refractivity contribution >= 4 is 5.91 Å². The lowest BCUT2D eigenvalue weighted by Crippen LogP contribution is -2.37. The fraction of sp³-hybridized carbons (Fsp3) is 0.316. The lowest BCUT2D eigenvalue weighted by molar-refractivity contribution is -0.127. The second-order valence-corrected chi connectivity index (χ2v) is 5.41. The normalized spacial score (nSPS) is 12.8. The molecule has 1 N–H and O–H groups in total. The number of amides is 1. The number of para-hydroxylation sites is 1. The molecule has 0 bridgehead atoms. The Morgan fingerprint density at radius 2 is 1.67 bits per heavy atom. The standard InChI is InChI=1S/C19H23NO4/c1-13(17-10-5-6-11-18(17)23-4)20-19(21)14(2)24-16-9-7-8-15(12-16)22-3/h5-14H,1-4H3,(H,20,21)/t13-,14+/m1/s1. The molecule has 5 nitrogen and oxygen atoms in total. The molecule has 128 valence electrons. The summed E-state index contributed by atoms with van der Waals surface area (Å²) >= 11 is 0. The maximum Gasteiger partial charge on any atom is 0.261 e. The molecule has 0 unspecified atom stereocenters. The maximum atomic E-state index is 12.4. The first-order valence-electron chi connectivity index (χ1n) is 7.79. The lowest BCUT2D eigenvalue weighted by Gasteiger charge is -2.20. The molecule has 0 saturated heterocycles. The topological polar surface area (TPSA) is 56.8 Å². The average molecular weight is 329 g/mol. The van der Waals surface area contributed by atoms with Crippen LogP contribution < -0.4 is 19.5 Å². The molecule has 0 radical (unpaired) electrons. The average Bonchev–Trinajstić information content (AvgIpc) is 2.61. The molecule has 2 aromatic carbocycles. The monoisotopic (exact) mass is 329 g/mol. The molecule has 0 aliphatic heterocycles. The molecule has 2 aromatic rings. The fourth-order valence-corrected chi connectivity index (χ4v) is 2.36. The molecule has 2 atom stereocenters. The van der Waals surface area contributed by atoms with Gasteiger partial charge in [-0.3, -0.25) is 4.79 Å². The van der Waals surface area contributed by atoms with Crippen LogP contribution in [0.2, 0.25) is 0 Å². The van der Waals surface area contributed by atoms with Crippen molar-refractivity contribution in [3.05, 3.63) is 54.1 Å². The minimum atomic E-state index is -0.630. The van der Waals surface area contributed by atoms with Crippen LogP contribution in [0.4, 0.5) is 0 Å². The number of carbonyl (C=O) groups excluding carboxylic acids is 1. The molecule has 0 saturated carbocycles. The van der Waals surface area contributed by atoms with Gasteiger partial charge in [0, 0.05) is 11.6 Å². The number of hydrogen-bond donors (Lipinski definition) is 1. The quantitative estimate of drug-likeness (QED) is 0.846. The van der Waals surface area contributed by atoms with Crippen molar-refractivity contribution in [2.75, 3.05) is 14.2 Å². The number of ether oxygens (including phenoxy) is 3. The summed E-state index contributed by atoms with van der Waals surface area (Å²) in [4.78, 5) is 12.4. The highest BCUT2D eigenvalue weighted by molar-refractivity contribution is 5.81. The first kappa shape index (κ1) is 17.7. The largest absolute Gasteiger partial charge is 0.497 e. The van der Waals surface area contributed by atoms with E-state index in [4.69, 9.17) is 14.2 Å². The second kappa shape index (κ2) is 8.24. The molecule has 0 aromatic heterocycles. The Morgan fingerprint density at radius 3 is 2.38 bits per heavy atom. The zero-order valence-corrected chi connectivity index (χ0v) is 14.4. The van der Waals surface area contributed by atoms with E-state index in [1.807, 2.05) is 43.3 Å². The number of carbonyl (C=O) groups is 1. The minimum absolute atomic E-state index is 0.190. The summed E-state index contributed by atoms with van der Waals surface area (Å²) in [5, 5.41) is 2.94. The number of hydrogen-bond acceptors (Lipinski definition) is 4. The van der Waals surface area contributed by atoms with Gasteiger partial charge in [-0.1, -0.05) is 24.3 Å². The first-order valence-corrected chi connectivity index (χ1v) is 7.79. The number of methoxy groups -OCH3 is 2. The van der Waals surface area contributed by atoms with Gasteiger partial charge in [0.15, 0.2) is 6.10 Å². The molecule has 0 aliphatic carbocycles. The van der Waals surface area contributed by atoms with Crippen molar-refractivity contribution in [3.8, 4) is 17.2 Å². The summed E-state index contributed by atoms with van der Waals surface area (Å²) in [5.74, 6) is 1.81. The molecule has 0 spiro atoms. The zero-order valence-electron chi connectivity index (χ0n) is 14.4. The Morgan fingerprint density at radius 1 is 0.958 bits per heavy atom. The van der Waals surface area contributed by atoms with Crippen LogP contribution in [0.1, 0.15) is 25.5 Å². The van der Waals surface area contributed by atoms with Gasteiger partial charge in [-0.15, -0.1) is 0 Å².